The first-order valence-electron chi connectivity index (χ1n) is 4.69. The molecule has 3 rings (SSSR count). The molecule has 0 unspecified atom stereocenters. The lowest BCUT2D eigenvalue weighted by molar-refractivity contribution is -0.117. The highest BCUT2D eigenvalue weighted by atomic mass is 79.9. The Bertz CT molecular complexity index is 471. The van der Waals surface area contributed by atoms with Crippen LogP contribution in [0.4, 0.5) is 15.8 Å². The van der Waals surface area contributed by atoms with Gasteiger partial charge in [0.2, 0.25) is 5.91 Å². The van der Waals surface area contributed by atoms with Crippen LogP contribution in [0.2, 0.25) is 0 Å². The third-order valence-electron chi connectivity index (χ3n) is 2.87. The van der Waals surface area contributed by atoms with Gasteiger partial charge in [-0.25, -0.2) is 4.39 Å². The highest BCUT2D eigenvalue weighted by Crippen LogP contribution is 2.45. The fourth-order valence-corrected chi connectivity index (χ4v) is 2.13. The molecule has 1 aliphatic heterocycles. The van der Waals surface area contributed by atoms with E-state index in [9.17, 15) is 9.18 Å². The van der Waals surface area contributed by atoms with Gasteiger partial charge in [0.05, 0.1) is 15.8 Å². The van der Waals surface area contributed by atoms with E-state index in [0.29, 0.717) is 10.2 Å². The highest BCUT2D eigenvalue weighted by Gasteiger charge is 2.52. The monoisotopic (exact) mass is 270 g/mol. The molecule has 2 N–H and O–H groups in total. The van der Waals surface area contributed by atoms with Gasteiger partial charge < -0.3 is 10.6 Å². The Morgan fingerprint density at radius 1 is 1.33 bits per heavy atom. The molecule has 1 aliphatic carbocycles. The van der Waals surface area contributed by atoms with Gasteiger partial charge in [0.25, 0.3) is 0 Å². The minimum Gasteiger partial charge on any atom is -0.369 e. The maximum atomic E-state index is 13.2. The summed E-state index contributed by atoms with van der Waals surface area (Å²) in [5.74, 6) is -0.431. The van der Waals surface area contributed by atoms with E-state index in [1.807, 2.05) is 0 Å². The van der Waals surface area contributed by atoms with Crippen molar-refractivity contribution in [3.8, 4) is 0 Å². The van der Waals surface area contributed by atoms with Crippen LogP contribution in [0.3, 0.4) is 0 Å². The SMILES string of the molecule is O=C1Nc2cc(F)c(Br)cc2NC12CC2. The van der Waals surface area contributed by atoms with Gasteiger partial charge in [0.1, 0.15) is 11.4 Å². The number of nitrogens with one attached hydrogen (secondary N) is 2. The Morgan fingerprint density at radius 2 is 2.07 bits per heavy atom. The summed E-state index contributed by atoms with van der Waals surface area (Å²) in [6, 6.07) is 2.98. The molecule has 1 aromatic rings. The van der Waals surface area contributed by atoms with Crippen molar-refractivity contribution in [3.05, 3.63) is 22.4 Å². The Balaban J connectivity index is 2.09. The highest BCUT2D eigenvalue weighted by molar-refractivity contribution is 9.10. The first kappa shape index (κ1) is 9.15. The molecular weight excluding hydrogens is 263 g/mol. The van der Waals surface area contributed by atoms with E-state index < -0.39 is 5.54 Å². The zero-order chi connectivity index (χ0) is 10.6. The fraction of sp³-hybridized carbons (Fsp3) is 0.300. The van der Waals surface area contributed by atoms with Crippen molar-refractivity contribution in [2.24, 2.45) is 0 Å². The van der Waals surface area contributed by atoms with Crippen molar-refractivity contribution in [2.75, 3.05) is 10.6 Å². The quantitative estimate of drug-likeness (QED) is 0.761. The predicted octanol–water partition coefficient (Wildman–Crippen LogP) is 2.48. The number of carbonyl (C=O) groups excluding carboxylic acids is 1. The minimum atomic E-state index is -0.426. The van der Waals surface area contributed by atoms with E-state index in [1.54, 1.807) is 6.07 Å². The summed E-state index contributed by atoms with van der Waals surface area (Å²) in [5, 5.41) is 5.87. The molecule has 1 saturated carbocycles. The molecule has 15 heavy (non-hydrogen) atoms. The van der Waals surface area contributed by atoms with Crippen LogP contribution in [-0.2, 0) is 4.79 Å². The largest absolute Gasteiger partial charge is 0.369 e. The zero-order valence-corrected chi connectivity index (χ0v) is 9.32. The second-order valence-corrected chi connectivity index (χ2v) is 4.83. The molecule has 0 saturated heterocycles. The molecule has 1 amide bonds. The predicted molar refractivity (Wildman–Crippen MR) is 58.3 cm³/mol. The van der Waals surface area contributed by atoms with E-state index in [4.69, 9.17) is 0 Å². The first-order chi connectivity index (χ1) is 7.11. The van der Waals surface area contributed by atoms with Crippen LogP contribution in [0.15, 0.2) is 16.6 Å². The topological polar surface area (TPSA) is 41.1 Å². The number of carbonyl (C=O) groups is 1. The van der Waals surface area contributed by atoms with Gasteiger partial charge in [-0.15, -0.1) is 0 Å². The smallest absolute Gasteiger partial charge is 0.250 e. The van der Waals surface area contributed by atoms with Crippen molar-refractivity contribution in [2.45, 2.75) is 18.4 Å². The van der Waals surface area contributed by atoms with Crippen molar-refractivity contribution in [1.82, 2.24) is 0 Å². The van der Waals surface area contributed by atoms with Gasteiger partial charge in [-0.3, -0.25) is 4.79 Å². The Hall–Kier alpha value is -1.10. The second-order valence-electron chi connectivity index (χ2n) is 3.97. The van der Waals surface area contributed by atoms with E-state index in [0.717, 1.165) is 18.5 Å². The summed E-state index contributed by atoms with van der Waals surface area (Å²) < 4.78 is 13.6. The van der Waals surface area contributed by atoms with Crippen LogP contribution in [-0.4, -0.2) is 11.4 Å². The number of benzene rings is 1. The summed E-state index contributed by atoms with van der Waals surface area (Å²) in [6.45, 7) is 0. The third kappa shape index (κ3) is 1.26. The normalized spacial score (nSPS) is 20.5. The zero-order valence-electron chi connectivity index (χ0n) is 7.73. The van der Waals surface area contributed by atoms with Gasteiger partial charge in [0, 0.05) is 6.07 Å². The summed E-state index contributed by atoms with van der Waals surface area (Å²) in [7, 11) is 0. The van der Waals surface area contributed by atoms with E-state index in [-0.39, 0.29) is 11.7 Å². The van der Waals surface area contributed by atoms with Gasteiger partial charge >= 0.3 is 0 Å². The molecule has 78 valence electrons. The molecule has 0 bridgehead atoms. The molecule has 5 heteroatoms. The summed E-state index contributed by atoms with van der Waals surface area (Å²) in [5.41, 5.74) is 0.864. The molecule has 1 aromatic carbocycles. The van der Waals surface area contributed by atoms with Crippen LogP contribution in [0.1, 0.15) is 12.8 Å². The van der Waals surface area contributed by atoms with Crippen molar-refractivity contribution < 1.29 is 9.18 Å². The number of fused-ring (bicyclic) bond motifs is 1. The lowest BCUT2D eigenvalue weighted by atomic mass is 10.1. The van der Waals surface area contributed by atoms with Crippen LogP contribution >= 0.6 is 15.9 Å². The average Bonchev–Trinajstić information content (AvgIpc) is 2.93. The van der Waals surface area contributed by atoms with Gasteiger partial charge in [-0.05, 0) is 34.8 Å². The van der Waals surface area contributed by atoms with Crippen LogP contribution in [0.5, 0.6) is 0 Å². The summed E-state index contributed by atoms with van der Waals surface area (Å²) in [4.78, 5) is 11.6. The van der Waals surface area contributed by atoms with Crippen molar-refractivity contribution in [1.29, 1.82) is 0 Å². The Kier molecular flexibility index (Phi) is 1.66. The van der Waals surface area contributed by atoms with E-state index in [2.05, 4.69) is 26.6 Å². The molecule has 1 fully saturated rings. The molecule has 2 aliphatic rings. The number of halogens is 2. The summed E-state index contributed by atoms with van der Waals surface area (Å²) in [6.07, 6.45) is 1.68. The first-order valence-corrected chi connectivity index (χ1v) is 5.49. The van der Waals surface area contributed by atoms with Crippen LogP contribution in [0, 0.1) is 5.82 Å². The Labute approximate surface area is 94.2 Å². The number of hydrogen-bond acceptors (Lipinski definition) is 2. The average molecular weight is 271 g/mol. The number of anilines is 2. The standard InChI is InChI=1S/C10H8BrFN2O/c11-5-3-8-7(4-6(5)12)13-9(15)10(14-8)1-2-10/h3-4,14H,1-2H2,(H,13,15). The lowest BCUT2D eigenvalue weighted by Crippen LogP contribution is -2.41. The molecule has 1 heterocycles. The fourth-order valence-electron chi connectivity index (χ4n) is 1.79. The second kappa shape index (κ2) is 2.72. The number of amides is 1. The maximum absolute atomic E-state index is 13.2. The third-order valence-corrected chi connectivity index (χ3v) is 3.47. The van der Waals surface area contributed by atoms with Gasteiger partial charge in [-0.2, -0.15) is 0 Å². The molecule has 0 atom stereocenters. The Morgan fingerprint density at radius 3 is 2.73 bits per heavy atom. The summed E-state index contributed by atoms with van der Waals surface area (Å²) >= 11 is 3.12. The molecule has 0 radical (unpaired) electrons. The van der Waals surface area contributed by atoms with E-state index >= 15 is 0 Å². The molecule has 3 nitrogen and oxygen atoms in total. The maximum Gasteiger partial charge on any atom is 0.250 e. The van der Waals surface area contributed by atoms with Gasteiger partial charge in [-0.1, -0.05) is 0 Å². The van der Waals surface area contributed by atoms with E-state index in [1.165, 1.54) is 6.07 Å². The minimum absolute atomic E-state index is 0.0586. The molecule has 1 spiro atoms. The molecule has 0 aromatic heterocycles. The number of hydrogen-bond donors (Lipinski definition) is 2. The number of rotatable bonds is 0. The van der Waals surface area contributed by atoms with Crippen molar-refractivity contribution >= 4 is 33.2 Å². The van der Waals surface area contributed by atoms with Crippen LogP contribution < -0.4 is 10.6 Å². The van der Waals surface area contributed by atoms with Gasteiger partial charge in [0.15, 0.2) is 0 Å². The molecular formula is C10H8BrFN2O. The van der Waals surface area contributed by atoms with Crippen molar-refractivity contribution in [3.63, 3.8) is 0 Å². The van der Waals surface area contributed by atoms with Crippen LogP contribution in [0.25, 0.3) is 0 Å². The lowest BCUT2D eigenvalue weighted by Gasteiger charge is -2.26.